The van der Waals surface area contributed by atoms with Crippen molar-refractivity contribution < 1.29 is 9.90 Å². The molecule has 0 radical (unpaired) electrons. The second kappa shape index (κ2) is 5.55. The summed E-state index contributed by atoms with van der Waals surface area (Å²) in [5.74, 6) is 2.84. The molecule has 3 fully saturated rings. The van der Waals surface area contributed by atoms with Crippen LogP contribution in [0.5, 0.6) is 0 Å². The number of hydrogen-bond acceptors (Lipinski definition) is 2. The van der Waals surface area contributed by atoms with Crippen LogP contribution in [0.2, 0.25) is 0 Å². The van der Waals surface area contributed by atoms with E-state index in [4.69, 9.17) is 0 Å². The van der Waals surface area contributed by atoms with Crippen LogP contribution >= 0.6 is 0 Å². The van der Waals surface area contributed by atoms with Gasteiger partial charge in [-0.2, -0.15) is 0 Å². The summed E-state index contributed by atoms with van der Waals surface area (Å²) in [6.07, 6.45) is 7.29. The highest BCUT2D eigenvalue weighted by molar-refractivity contribution is 5.74. The summed E-state index contributed by atoms with van der Waals surface area (Å²) in [6.45, 7) is 2.61. The Morgan fingerprint density at radius 2 is 2.05 bits per heavy atom. The zero-order chi connectivity index (χ0) is 14.3. The van der Waals surface area contributed by atoms with Crippen LogP contribution in [0.25, 0.3) is 0 Å². The molecule has 3 aliphatic rings. The molecule has 3 saturated carbocycles. The van der Waals surface area contributed by atoms with Gasteiger partial charge < -0.3 is 15.3 Å². The van der Waals surface area contributed by atoms with Gasteiger partial charge in [0.05, 0.1) is 6.10 Å². The lowest BCUT2D eigenvalue weighted by Gasteiger charge is -2.30. The number of aliphatic hydroxyl groups excluding tert-OH is 1. The first-order chi connectivity index (χ1) is 9.54. The minimum Gasteiger partial charge on any atom is -0.391 e. The average molecular weight is 280 g/mol. The Morgan fingerprint density at radius 1 is 1.30 bits per heavy atom. The first kappa shape index (κ1) is 14.2. The van der Waals surface area contributed by atoms with Crippen LogP contribution in [0.3, 0.4) is 0 Å². The molecule has 2 N–H and O–H groups in total. The van der Waals surface area contributed by atoms with E-state index < -0.39 is 0 Å². The van der Waals surface area contributed by atoms with Gasteiger partial charge in [-0.3, -0.25) is 0 Å². The van der Waals surface area contributed by atoms with Crippen LogP contribution in [-0.4, -0.2) is 41.8 Å². The van der Waals surface area contributed by atoms with E-state index in [1.165, 1.54) is 25.7 Å². The molecule has 0 aliphatic heterocycles. The fourth-order valence-electron chi connectivity index (χ4n) is 4.31. The average Bonchev–Trinajstić information content (AvgIpc) is 3.06. The molecular formula is C16H28N2O2. The standard InChI is InChI=1S/C16H28N2O2/c1-10(14-8-11-3-4-13(14)7-11)17-16(20)18(2)9-15(19)12-5-6-12/h10-15,19H,3-9H2,1-2H3,(H,17,20). The third-order valence-electron chi connectivity index (χ3n) is 5.76. The molecule has 0 saturated heterocycles. The normalized spacial score (nSPS) is 34.9. The number of fused-ring (bicyclic) bond motifs is 2. The third kappa shape index (κ3) is 2.95. The van der Waals surface area contributed by atoms with Gasteiger partial charge in [0.1, 0.15) is 0 Å². The Hall–Kier alpha value is -0.770. The fraction of sp³-hybridized carbons (Fsp3) is 0.938. The number of aliphatic hydroxyl groups is 1. The molecule has 0 heterocycles. The van der Waals surface area contributed by atoms with E-state index >= 15 is 0 Å². The van der Waals surface area contributed by atoms with E-state index in [0.29, 0.717) is 18.4 Å². The van der Waals surface area contributed by atoms with Gasteiger partial charge in [0, 0.05) is 19.6 Å². The second-order valence-corrected chi connectivity index (χ2v) is 7.36. The van der Waals surface area contributed by atoms with Crippen molar-refractivity contribution >= 4 is 6.03 Å². The number of hydrogen-bond donors (Lipinski definition) is 2. The van der Waals surface area contributed by atoms with Crippen molar-refractivity contribution in [3.63, 3.8) is 0 Å². The molecule has 0 aromatic rings. The predicted octanol–water partition coefficient (Wildman–Crippen LogP) is 2.22. The minimum absolute atomic E-state index is 0.0278. The maximum atomic E-state index is 12.2. The van der Waals surface area contributed by atoms with Gasteiger partial charge in [-0.05, 0) is 62.7 Å². The fourth-order valence-corrected chi connectivity index (χ4v) is 4.31. The van der Waals surface area contributed by atoms with E-state index in [9.17, 15) is 9.90 Å². The van der Waals surface area contributed by atoms with Gasteiger partial charge in [0.25, 0.3) is 0 Å². The van der Waals surface area contributed by atoms with Crippen molar-refractivity contribution in [3.05, 3.63) is 0 Å². The summed E-state index contributed by atoms with van der Waals surface area (Å²) < 4.78 is 0. The molecule has 2 amide bonds. The number of nitrogens with zero attached hydrogens (tertiary/aromatic N) is 1. The van der Waals surface area contributed by atoms with Crippen molar-refractivity contribution in [1.29, 1.82) is 0 Å². The minimum atomic E-state index is -0.344. The van der Waals surface area contributed by atoms with Gasteiger partial charge in [-0.25, -0.2) is 4.79 Å². The number of nitrogens with one attached hydrogen (secondary N) is 1. The quantitative estimate of drug-likeness (QED) is 0.811. The van der Waals surface area contributed by atoms with E-state index in [0.717, 1.165) is 24.7 Å². The predicted molar refractivity (Wildman–Crippen MR) is 78.3 cm³/mol. The SMILES string of the molecule is CC(NC(=O)N(C)CC(O)C1CC1)C1CC2CCC1C2. The Labute approximate surface area is 121 Å². The molecule has 5 atom stereocenters. The molecule has 0 spiro atoms. The zero-order valence-electron chi connectivity index (χ0n) is 12.7. The largest absolute Gasteiger partial charge is 0.391 e. The van der Waals surface area contributed by atoms with Gasteiger partial charge >= 0.3 is 6.03 Å². The topological polar surface area (TPSA) is 52.6 Å². The summed E-state index contributed by atoms with van der Waals surface area (Å²) in [5.41, 5.74) is 0. The Balaban J connectivity index is 1.45. The molecule has 5 unspecified atom stereocenters. The number of rotatable bonds is 5. The van der Waals surface area contributed by atoms with Gasteiger partial charge in [0.2, 0.25) is 0 Å². The highest BCUT2D eigenvalue weighted by Crippen LogP contribution is 2.49. The molecule has 114 valence electrons. The monoisotopic (exact) mass is 280 g/mol. The lowest BCUT2D eigenvalue weighted by molar-refractivity contribution is 0.111. The molecule has 4 heteroatoms. The number of amides is 2. The summed E-state index contributed by atoms with van der Waals surface area (Å²) >= 11 is 0. The van der Waals surface area contributed by atoms with Crippen LogP contribution < -0.4 is 5.32 Å². The maximum absolute atomic E-state index is 12.2. The van der Waals surface area contributed by atoms with Crippen molar-refractivity contribution in [2.45, 2.75) is 57.6 Å². The molecular weight excluding hydrogens is 252 g/mol. The number of carbonyl (C=O) groups is 1. The Bertz CT molecular complexity index is 369. The maximum Gasteiger partial charge on any atom is 0.317 e. The molecule has 0 aromatic heterocycles. The Morgan fingerprint density at radius 3 is 2.60 bits per heavy atom. The van der Waals surface area contributed by atoms with Crippen LogP contribution in [0, 0.1) is 23.7 Å². The highest BCUT2D eigenvalue weighted by Gasteiger charge is 2.42. The summed E-state index contributed by atoms with van der Waals surface area (Å²) in [6, 6.07) is 0.235. The number of carbonyl (C=O) groups excluding carboxylic acids is 1. The number of likely N-dealkylation sites (N-methyl/N-ethyl adjacent to an activating group) is 1. The van der Waals surface area contributed by atoms with E-state index in [1.807, 2.05) is 0 Å². The molecule has 20 heavy (non-hydrogen) atoms. The Kier molecular flexibility index (Phi) is 3.93. The molecule has 2 bridgehead atoms. The van der Waals surface area contributed by atoms with E-state index in [2.05, 4.69) is 12.2 Å². The second-order valence-electron chi connectivity index (χ2n) is 7.36. The molecule has 3 rings (SSSR count). The number of urea groups is 1. The lowest BCUT2D eigenvalue weighted by atomic mass is 9.84. The van der Waals surface area contributed by atoms with Crippen molar-refractivity contribution in [1.82, 2.24) is 10.2 Å². The first-order valence-electron chi connectivity index (χ1n) is 8.24. The van der Waals surface area contributed by atoms with Crippen LogP contribution in [0.4, 0.5) is 4.79 Å². The van der Waals surface area contributed by atoms with E-state index in [-0.39, 0.29) is 18.2 Å². The van der Waals surface area contributed by atoms with Crippen LogP contribution in [0.15, 0.2) is 0 Å². The van der Waals surface area contributed by atoms with Crippen molar-refractivity contribution in [3.8, 4) is 0 Å². The summed E-state index contributed by atoms with van der Waals surface area (Å²) in [4.78, 5) is 13.8. The third-order valence-corrected chi connectivity index (χ3v) is 5.76. The summed E-state index contributed by atoms with van der Waals surface area (Å²) in [7, 11) is 1.79. The van der Waals surface area contributed by atoms with E-state index in [1.54, 1.807) is 11.9 Å². The van der Waals surface area contributed by atoms with Gasteiger partial charge in [-0.1, -0.05) is 6.42 Å². The highest BCUT2D eigenvalue weighted by atomic mass is 16.3. The van der Waals surface area contributed by atoms with Gasteiger partial charge in [-0.15, -0.1) is 0 Å². The van der Waals surface area contributed by atoms with Gasteiger partial charge in [0.15, 0.2) is 0 Å². The summed E-state index contributed by atoms with van der Waals surface area (Å²) in [5, 5.41) is 13.1. The smallest absolute Gasteiger partial charge is 0.317 e. The zero-order valence-corrected chi connectivity index (χ0v) is 12.7. The van der Waals surface area contributed by atoms with Crippen LogP contribution in [0.1, 0.15) is 45.4 Å². The van der Waals surface area contributed by atoms with Crippen molar-refractivity contribution in [2.24, 2.45) is 23.7 Å². The molecule has 0 aromatic carbocycles. The lowest BCUT2D eigenvalue weighted by Crippen LogP contribution is -2.47. The van der Waals surface area contributed by atoms with Crippen LogP contribution in [-0.2, 0) is 0 Å². The molecule has 4 nitrogen and oxygen atoms in total. The van der Waals surface area contributed by atoms with Crippen molar-refractivity contribution in [2.75, 3.05) is 13.6 Å². The molecule has 3 aliphatic carbocycles. The first-order valence-corrected chi connectivity index (χ1v) is 8.24.